The second-order valence-corrected chi connectivity index (χ2v) is 11.0. The number of hydrogen-bond donors (Lipinski definition) is 0. The molecular formula is C24H30ClN3O4S. The van der Waals surface area contributed by atoms with Gasteiger partial charge in [-0.15, -0.1) is 0 Å². The van der Waals surface area contributed by atoms with Gasteiger partial charge in [0.1, 0.15) is 5.75 Å². The van der Waals surface area contributed by atoms with Crippen LogP contribution in [0.25, 0.3) is 0 Å². The second kappa shape index (κ2) is 9.91. The van der Waals surface area contributed by atoms with Crippen LogP contribution in [0, 0.1) is 13.8 Å². The normalized spacial score (nSPS) is 17.4. The number of nitrogens with zero attached hydrogens (tertiary/aromatic N) is 3. The predicted octanol–water partition coefficient (Wildman–Crippen LogP) is 3.47. The standard InChI is InChI=1S/C24H30ClN3O4S/c1-18-5-6-20(25)16-22(18)26-11-13-27(14-12-26)24(29)17-32-23-8-7-21(15-19(23)2)33(30,31)28-9-3-4-10-28/h5-8,15-16H,3-4,9-14,17H2,1-2H3. The Morgan fingerprint density at radius 2 is 1.64 bits per heavy atom. The number of sulfonamides is 1. The van der Waals surface area contributed by atoms with E-state index < -0.39 is 10.0 Å². The Balaban J connectivity index is 1.32. The van der Waals surface area contributed by atoms with Gasteiger partial charge >= 0.3 is 0 Å². The molecule has 0 bridgehead atoms. The van der Waals surface area contributed by atoms with Crippen LogP contribution in [0.15, 0.2) is 41.3 Å². The summed E-state index contributed by atoms with van der Waals surface area (Å²) in [4.78, 5) is 17.0. The van der Waals surface area contributed by atoms with Crippen LogP contribution in [0.2, 0.25) is 5.02 Å². The van der Waals surface area contributed by atoms with Gasteiger partial charge in [-0.05, 0) is 68.1 Å². The minimum atomic E-state index is -3.47. The third kappa shape index (κ3) is 5.28. The van der Waals surface area contributed by atoms with E-state index in [0.717, 1.165) is 37.2 Å². The van der Waals surface area contributed by atoms with E-state index in [-0.39, 0.29) is 17.4 Å². The highest BCUT2D eigenvalue weighted by molar-refractivity contribution is 7.89. The van der Waals surface area contributed by atoms with Crippen molar-refractivity contribution in [3.8, 4) is 5.75 Å². The molecule has 178 valence electrons. The maximum absolute atomic E-state index is 12.8. The molecule has 2 aromatic carbocycles. The quantitative estimate of drug-likeness (QED) is 0.618. The molecule has 2 heterocycles. The van der Waals surface area contributed by atoms with Crippen LogP contribution in [-0.4, -0.2) is 69.4 Å². The third-order valence-electron chi connectivity index (χ3n) is 6.34. The number of carbonyl (C=O) groups excluding carboxylic acids is 1. The molecular weight excluding hydrogens is 462 g/mol. The molecule has 9 heteroatoms. The largest absolute Gasteiger partial charge is 0.483 e. The van der Waals surface area contributed by atoms with E-state index in [1.165, 1.54) is 4.31 Å². The van der Waals surface area contributed by atoms with Gasteiger partial charge < -0.3 is 14.5 Å². The molecule has 1 amide bonds. The lowest BCUT2D eigenvalue weighted by atomic mass is 10.1. The van der Waals surface area contributed by atoms with Crippen LogP contribution in [0.3, 0.4) is 0 Å². The van der Waals surface area contributed by atoms with Crippen molar-refractivity contribution >= 4 is 33.2 Å². The van der Waals surface area contributed by atoms with Gasteiger partial charge in [-0.25, -0.2) is 8.42 Å². The fourth-order valence-corrected chi connectivity index (χ4v) is 6.14. The average molecular weight is 492 g/mol. The van der Waals surface area contributed by atoms with Crippen LogP contribution >= 0.6 is 11.6 Å². The lowest BCUT2D eigenvalue weighted by Crippen LogP contribution is -2.50. The van der Waals surface area contributed by atoms with E-state index in [2.05, 4.69) is 11.8 Å². The van der Waals surface area contributed by atoms with E-state index in [4.69, 9.17) is 16.3 Å². The first-order chi connectivity index (χ1) is 15.8. The van der Waals surface area contributed by atoms with Crippen molar-refractivity contribution in [3.63, 3.8) is 0 Å². The number of carbonyl (C=O) groups is 1. The monoisotopic (exact) mass is 491 g/mol. The first kappa shape index (κ1) is 23.9. The van der Waals surface area contributed by atoms with Crippen molar-refractivity contribution in [2.24, 2.45) is 0 Å². The van der Waals surface area contributed by atoms with Gasteiger partial charge in [0.25, 0.3) is 5.91 Å². The maximum atomic E-state index is 12.8. The SMILES string of the molecule is Cc1cc(S(=O)(=O)N2CCCC2)ccc1OCC(=O)N1CCN(c2cc(Cl)ccc2C)CC1. The van der Waals surface area contributed by atoms with Crippen molar-refractivity contribution in [3.05, 3.63) is 52.5 Å². The van der Waals surface area contributed by atoms with Gasteiger partial charge in [0.15, 0.2) is 6.61 Å². The van der Waals surface area contributed by atoms with Crippen LogP contribution in [-0.2, 0) is 14.8 Å². The molecule has 33 heavy (non-hydrogen) atoms. The van der Waals surface area contributed by atoms with E-state index in [0.29, 0.717) is 42.5 Å². The molecule has 0 spiro atoms. The fraction of sp³-hybridized carbons (Fsp3) is 0.458. The smallest absolute Gasteiger partial charge is 0.260 e. The molecule has 2 aliphatic rings. The van der Waals surface area contributed by atoms with Crippen molar-refractivity contribution < 1.29 is 17.9 Å². The lowest BCUT2D eigenvalue weighted by Gasteiger charge is -2.36. The number of piperazine rings is 1. The van der Waals surface area contributed by atoms with Gasteiger partial charge in [-0.2, -0.15) is 4.31 Å². The number of ether oxygens (including phenoxy) is 1. The van der Waals surface area contributed by atoms with Gasteiger partial charge in [0, 0.05) is 50.0 Å². The molecule has 0 atom stereocenters. The van der Waals surface area contributed by atoms with E-state index >= 15 is 0 Å². The Morgan fingerprint density at radius 3 is 2.30 bits per heavy atom. The first-order valence-corrected chi connectivity index (χ1v) is 13.1. The van der Waals surface area contributed by atoms with Crippen LogP contribution in [0.4, 0.5) is 5.69 Å². The number of aryl methyl sites for hydroxylation is 2. The summed E-state index contributed by atoms with van der Waals surface area (Å²) < 4.78 is 32.8. The summed E-state index contributed by atoms with van der Waals surface area (Å²) in [6, 6.07) is 10.7. The summed E-state index contributed by atoms with van der Waals surface area (Å²) in [7, 11) is -3.47. The minimum absolute atomic E-state index is 0.0742. The van der Waals surface area contributed by atoms with Gasteiger partial charge in [-0.3, -0.25) is 4.79 Å². The van der Waals surface area contributed by atoms with Gasteiger partial charge in [-0.1, -0.05) is 17.7 Å². The summed E-state index contributed by atoms with van der Waals surface area (Å²) in [5.74, 6) is 0.447. The fourth-order valence-electron chi connectivity index (χ4n) is 4.37. The molecule has 0 aromatic heterocycles. The van der Waals surface area contributed by atoms with Crippen LogP contribution < -0.4 is 9.64 Å². The average Bonchev–Trinajstić information content (AvgIpc) is 3.36. The maximum Gasteiger partial charge on any atom is 0.260 e. The summed E-state index contributed by atoms with van der Waals surface area (Å²) in [5, 5.41) is 0.706. The highest BCUT2D eigenvalue weighted by Gasteiger charge is 2.28. The van der Waals surface area contributed by atoms with Crippen molar-refractivity contribution in [2.75, 3.05) is 50.8 Å². The molecule has 4 rings (SSSR count). The molecule has 0 unspecified atom stereocenters. The Labute approximate surface area is 200 Å². The Bertz CT molecular complexity index is 1120. The second-order valence-electron chi connectivity index (χ2n) is 8.63. The lowest BCUT2D eigenvalue weighted by molar-refractivity contribution is -0.133. The molecule has 2 aliphatic heterocycles. The van der Waals surface area contributed by atoms with E-state index in [1.807, 2.05) is 18.2 Å². The number of halogens is 1. The molecule has 0 saturated carbocycles. The first-order valence-electron chi connectivity index (χ1n) is 11.3. The summed E-state index contributed by atoms with van der Waals surface area (Å²) in [5.41, 5.74) is 2.96. The van der Waals surface area contributed by atoms with E-state index in [9.17, 15) is 13.2 Å². The van der Waals surface area contributed by atoms with Crippen molar-refractivity contribution in [2.45, 2.75) is 31.6 Å². The van der Waals surface area contributed by atoms with E-state index in [1.54, 1.807) is 30.0 Å². The Morgan fingerprint density at radius 1 is 0.939 bits per heavy atom. The number of anilines is 1. The number of rotatable bonds is 6. The number of benzene rings is 2. The molecule has 2 aromatic rings. The Hall–Kier alpha value is -2.29. The summed E-state index contributed by atoms with van der Waals surface area (Å²) in [6.45, 7) is 7.60. The topological polar surface area (TPSA) is 70.2 Å². The molecule has 0 N–H and O–H groups in total. The highest BCUT2D eigenvalue weighted by Crippen LogP contribution is 2.27. The molecule has 2 fully saturated rings. The number of hydrogen-bond acceptors (Lipinski definition) is 5. The molecule has 0 radical (unpaired) electrons. The van der Waals surface area contributed by atoms with Gasteiger partial charge in [0.05, 0.1) is 4.90 Å². The number of amides is 1. The highest BCUT2D eigenvalue weighted by atomic mass is 35.5. The zero-order valence-electron chi connectivity index (χ0n) is 19.1. The molecule has 2 saturated heterocycles. The Kier molecular flexibility index (Phi) is 7.16. The summed E-state index contributed by atoms with van der Waals surface area (Å²) in [6.07, 6.45) is 1.79. The predicted molar refractivity (Wildman–Crippen MR) is 130 cm³/mol. The minimum Gasteiger partial charge on any atom is -0.483 e. The van der Waals surface area contributed by atoms with Crippen molar-refractivity contribution in [1.82, 2.24) is 9.21 Å². The van der Waals surface area contributed by atoms with Crippen LogP contribution in [0.5, 0.6) is 5.75 Å². The third-order valence-corrected chi connectivity index (χ3v) is 8.47. The zero-order valence-corrected chi connectivity index (χ0v) is 20.7. The van der Waals surface area contributed by atoms with Gasteiger partial charge in [0.2, 0.25) is 10.0 Å². The van der Waals surface area contributed by atoms with Crippen LogP contribution in [0.1, 0.15) is 24.0 Å². The zero-order chi connectivity index (χ0) is 23.6. The molecule has 7 nitrogen and oxygen atoms in total. The van der Waals surface area contributed by atoms with Crippen molar-refractivity contribution in [1.29, 1.82) is 0 Å². The summed E-state index contributed by atoms with van der Waals surface area (Å²) >= 11 is 6.15. The molecule has 0 aliphatic carbocycles.